The fourth-order valence-electron chi connectivity index (χ4n) is 3.21. The van der Waals surface area contributed by atoms with Gasteiger partial charge < -0.3 is 4.90 Å². The Kier molecular flexibility index (Phi) is 5.64. The Morgan fingerprint density at radius 1 is 0.679 bits per heavy atom. The predicted octanol–water partition coefficient (Wildman–Crippen LogP) is 6.26. The van der Waals surface area contributed by atoms with Gasteiger partial charge in [0.05, 0.1) is 0 Å². The van der Waals surface area contributed by atoms with Crippen molar-refractivity contribution < 1.29 is 4.79 Å². The van der Waals surface area contributed by atoms with Crippen LogP contribution < -0.4 is 0 Å². The van der Waals surface area contributed by atoms with E-state index in [9.17, 15) is 4.79 Å². The van der Waals surface area contributed by atoms with Gasteiger partial charge in [-0.15, -0.1) is 11.3 Å². The van der Waals surface area contributed by atoms with E-state index in [0.29, 0.717) is 18.7 Å². The molecule has 0 aliphatic carbocycles. The summed E-state index contributed by atoms with van der Waals surface area (Å²) in [5.41, 5.74) is 4.11. The summed E-state index contributed by atoms with van der Waals surface area (Å²) < 4.78 is 0. The van der Waals surface area contributed by atoms with Crippen LogP contribution in [0.25, 0.3) is 10.4 Å². The van der Waals surface area contributed by atoms with Crippen LogP contribution in [0.15, 0.2) is 102 Å². The van der Waals surface area contributed by atoms with E-state index < -0.39 is 0 Å². The Bertz CT molecular complexity index is 968. The van der Waals surface area contributed by atoms with E-state index in [0.717, 1.165) is 16.7 Å². The van der Waals surface area contributed by atoms with Crippen LogP contribution in [-0.4, -0.2) is 10.8 Å². The number of nitrogens with zero attached hydrogens (tertiary/aromatic N) is 1. The first-order valence-corrected chi connectivity index (χ1v) is 10.2. The summed E-state index contributed by atoms with van der Waals surface area (Å²) in [6.07, 6.45) is 0. The molecule has 1 aromatic heterocycles. The molecule has 0 fully saturated rings. The first-order chi connectivity index (χ1) is 13.8. The van der Waals surface area contributed by atoms with E-state index in [1.807, 2.05) is 71.6 Å². The average Bonchev–Trinajstić information content (AvgIpc) is 3.29. The number of carbonyl (C=O) groups excluding carboxylic acids is 1. The van der Waals surface area contributed by atoms with E-state index in [-0.39, 0.29) is 5.91 Å². The maximum Gasteiger partial charge on any atom is 0.254 e. The Hall–Kier alpha value is -3.17. The number of hydrogen-bond acceptors (Lipinski definition) is 2. The molecule has 2 nitrogen and oxygen atoms in total. The Morgan fingerprint density at radius 2 is 1.25 bits per heavy atom. The van der Waals surface area contributed by atoms with Crippen LogP contribution in [0.5, 0.6) is 0 Å². The van der Waals surface area contributed by atoms with Crippen molar-refractivity contribution in [1.29, 1.82) is 0 Å². The molecule has 0 atom stereocenters. The normalized spacial score (nSPS) is 10.6. The fourth-order valence-corrected chi connectivity index (χ4v) is 3.94. The maximum atomic E-state index is 13.3. The fraction of sp³-hybridized carbons (Fsp3) is 0.0800. The van der Waals surface area contributed by atoms with Gasteiger partial charge >= 0.3 is 0 Å². The lowest BCUT2D eigenvalue weighted by atomic mass is 10.1. The van der Waals surface area contributed by atoms with Gasteiger partial charge in [-0.25, -0.2) is 0 Å². The number of hydrogen-bond donors (Lipinski definition) is 0. The lowest BCUT2D eigenvalue weighted by Crippen LogP contribution is -2.30. The van der Waals surface area contributed by atoms with Crippen LogP contribution in [0.1, 0.15) is 21.5 Å². The Morgan fingerprint density at radius 3 is 1.75 bits per heavy atom. The highest BCUT2D eigenvalue weighted by Crippen LogP contribution is 2.25. The number of amides is 1. The number of benzene rings is 3. The van der Waals surface area contributed by atoms with Crippen LogP contribution in [0.2, 0.25) is 0 Å². The second-order valence-electron chi connectivity index (χ2n) is 6.69. The molecular formula is C25H21NOS. The molecule has 0 unspecified atom stereocenters. The van der Waals surface area contributed by atoms with E-state index in [1.54, 1.807) is 11.3 Å². The monoisotopic (exact) mass is 383 g/mol. The molecule has 1 amide bonds. The smallest absolute Gasteiger partial charge is 0.254 e. The Labute approximate surface area is 169 Å². The van der Waals surface area contributed by atoms with Gasteiger partial charge in [0.2, 0.25) is 0 Å². The molecule has 0 saturated heterocycles. The molecule has 0 aliphatic heterocycles. The van der Waals surface area contributed by atoms with Crippen molar-refractivity contribution in [2.45, 2.75) is 13.1 Å². The van der Waals surface area contributed by atoms with Gasteiger partial charge in [-0.3, -0.25) is 4.79 Å². The summed E-state index contributed by atoms with van der Waals surface area (Å²) in [5.74, 6) is 0.0467. The Balaban J connectivity index is 1.58. The molecule has 4 aromatic rings. The number of thiophene rings is 1. The van der Waals surface area contributed by atoms with Crippen molar-refractivity contribution >= 4 is 17.2 Å². The zero-order valence-electron chi connectivity index (χ0n) is 15.5. The number of rotatable bonds is 6. The van der Waals surface area contributed by atoms with Crippen LogP contribution in [0.4, 0.5) is 0 Å². The molecular weight excluding hydrogens is 362 g/mol. The van der Waals surface area contributed by atoms with Crippen LogP contribution in [0.3, 0.4) is 0 Å². The molecule has 0 radical (unpaired) electrons. The molecule has 0 saturated carbocycles. The molecule has 1 heterocycles. The molecule has 3 heteroatoms. The van der Waals surface area contributed by atoms with Gasteiger partial charge in [0.1, 0.15) is 0 Å². The second-order valence-corrected chi connectivity index (χ2v) is 7.63. The highest BCUT2D eigenvalue weighted by molar-refractivity contribution is 7.13. The van der Waals surface area contributed by atoms with Gasteiger partial charge in [0.15, 0.2) is 0 Å². The summed E-state index contributed by atoms with van der Waals surface area (Å²) in [7, 11) is 0. The zero-order chi connectivity index (χ0) is 19.2. The molecule has 4 rings (SSSR count). The third-order valence-corrected chi connectivity index (χ3v) is 5.58. The predicted molar refractivity (Wildman–Crippen MR) is 116 cm³/mol. The molecule has 28 heavy (non-hydrogen) atoms. The van der Waals surface area contributed by atoms with E-state index in [2.05, 4.69) is 35.7 Å². The summed E-state index contributed by atoms with van der Waals surface area (Å²) in [6.45, 7) is 1.17. The molecule has 0 spiro atoms. The van der Waals surface area contributed by atoms with Gasteiger partial charge in [-0.2, -0.15) is 0 Å². The summed E-state index contributed by atoms with van der Waals surface area (Å²) in [6, 6.07) is 32.3. The van der Waals surface area contributed by atoms with E-state index in [4.69, 9.17) is 0 Å². The summed E-state index contributed by atoms with van der Waals surface area (Å²) in [5, 5.41) is 2.07. The first kappa shape index (κ1) is 18.2. The highest BCUT2D eigenvalue weighted by Gasteiger charge is 2.17. The third-order valence-electron chi connectivity index (χ3n) is 4.66. The lowest BCUT2D eigenvalue weighted by Gasteiger charge is -2.23. The second kappa shape index (κ2) is 8.68. The highest BCUT2D eigenvalue weighted by atomic mass is 32.1. The van der Waals surface area contributed by atoms with Gasteiger partial charge in [0, 0.05) is 23.5 Å². The third kappa shape index (κ3) is 4.38. The maximum absolute atomic E-state index is 13.3. The van der Waals surface area contributed by atoms with Crippen LogP contribution in [0, 0.1) is 0 Å². The van der Waals surface area contributed by atoms with Gasteiger partial charge in [-0.1, -0.05) is 78.9 Å². The minimum Gasteiger partial charge on any atom is -0.330 e. The van der Waals surface area contributed by atoms with Crippen molar-refractivity contribution in [2.75, 3.05) is 0 Å². The zero-order valence-corrected chi connectivity index (χ0v) is 16.3. The molecule has 0 aliphatic rings. The van der Waals surface area contributed by atoms with Crippen molar-refractivity contribution in [2.24, 2.45) is 0 Å². The standard InChI is InChI=1S/C25H21NOS/c27-25(23-15-13-22(14-16-23)24-12-7-17-28-24)26(18-20-8-3-1-4-9-20)19-21-10-5-2-6-11-21/h1-17H,18-19H2. The van der Waals surface area contributed by atoms with E-state index in [1.165, 1.54) is 4.88 Å². The molecule has 0 N–H and O–H groups in total. The quantitative estimate of drug-likeness (QED) is 0.385. The van der Waals surface area contributed by atoms with Crippen molar-refractivity contribution in [3.8, 4) is 10.4 Å². The van der Waals surface area contributed by atoms with E-state index >= 15 is 0 Å². The topological polar surface area (TPSA) is 20.3 Å². The molecule has 138 valence electrons. The van der Waals surface area contributed by atoms with Crippen LogP contribution in [-0.2, 0) is 13.1 Å². The SMILES string of the molecule is O=C(c1ccc(-c2cccs2)cc1)N(Cc1ccccc1)Cc1ccccc1. The van der Waals surface area contributed by atoms with Gasteiger partial charge in [0.25, 0.3) is 5.91 Å². The minimum atomic E-state index is 0.0467. The molecule has 3 aromatic carbocycles. The largest absolute Gasteiger partial charge is 0.330 e. The lowest BCUT2D eigenvalue weighted by molar-refractivity contribution is 0.0730. The summed E-state index contributed by atoms with van der Waals surface area (Å²) >= 11 is 1.70. The van der Waals surface area contributed by atoms with Crippen molar-refractivity contribution in [3.05, 3.63) is 119 Å². The van der Waals surface area contributed by atoms with Crippen molar-refractivity contribution in [3.63, 3.8) is 0 Å². The average molecular weight is 384 g/mol. The number of carbonyl (C=O) groups is 1. The van der Waals surface area contributed by atoms with Crippen molar-refractivity contribution in [1.82, 2.24) is 4.90 Å². The molecule has 0 bridgehead atoms. The minimum absolute atomic E-state index is 0.0467. The van der Waals surface area contributed by atoms with Crippen LogP contribution >= 0.6 is 11.3 Å². The van der Waals surface area contributed by atoms with Gasteiger partial charge in [-0.05, 0) is 40.3 Å². The summed E-state index contributed by atoms with van der Waals surface area (Å²) in [4.78, 5) is 16.4. The first-order valence-electron chi connectivity index (χ1n) is 9.31.